The molecule has 1 amide bonds. The Hall–Kier alpha value is -2.58. The fraction of sp³-hybridized carbons (Fsp3) is 0.458. The number of amidine groups is 1. The van der Waals surface area contributed by atoms with E-state index in [-0.39, 0.29) is 24.4 Å². The lowest BCUT2D eigenvalue weighted by atomic mass is 9.93. The van der Waals surface area contributed by atoms with Crippen LogP contribution in [0.4, 0.5) is 0 Å². The third-order valence-electron chi connectivity index (χ3n) is 6.22. The number of carbonyl (C=O) groups excluding carboxylic acids is 2. The number of allylic oxidation sites excluding steroid dienone is 1. The van der Waals surface area contributed by atoms with Crippen molar-refractivity contribution in [2.45, 2.75) is 45.2 Å². The molecule has 3 aliphatic heterocycles. The Labute approximate surface area is 193 Å². The summed E-state index contributed by atoms with van der Waals surface area (Å²) in [5, 5.41) is 5.95. The number of carbonyl (C=O) groups is 2. The molecular formula is C24H30N4O3S. The Bertz CT molecular complexity index is 991. The molecule has 1 N–H and O–H groups in total. The van der Waals surface area contributed by atoms with Gasteiger partial charge in [-0.3, -0.25) is 4.79 Å². The maximum absolute atomic E-state index is 12.9. The van der Waals surface area contributed by atoms with Gasteiger partial charge < -0.3 is 19.9 Å². The van der Waals surface area contributed by atoms with E-state index in [0.717, 1.165) is 47.9 Å². The normalized spacial score (nSPS) is 21.8. The highest BCUT2D eigenvalue weighted by Gasteiger charge is 2.41. The van der Waals surface area contributed by atoms with Crippen molar-refractivity contribution in [1.29, 1.82) is 0 Å². The number of rotatable bonds is 5. The Morgan fingerprint density at radius 1 is 1.19 bits per heavy atom. The standard InChI is InChI=1S/C24H30N4O3S/c1-15-5-7-17(8-6-15)22-21(23(30)31-4)16(2)25-24-28(22)19(14-32-24)13-20(29)26-18-9-11-27(3)12-10-18/h5-8,14,18,22H,9-13H2,1-4H3,(H,26,29). The molecule has 1 atom stereocenters. The zero-order valence-corrected chi connectivity index (χ0v) is 19.9. The van der Waals surface area contributed by atoms with E-state index >= 15 is 0 Å². The van der Waals surface area contributed by atoms with Gasteiger partial charge in [-0.25, -0.2) is 9.79 Å². The van der Waals surface area contributed by atoms with Gasteiger partial charge >= 0.3 is 5.97 Å². The number of likely N-dealkylation sites (tertiary alicyclic amines) is 1. The molecule has 7 nitrogen and oxygen atoms in total. The predicted molar refractivity (Wildman–Crippen MR) is 127 cm³/mol. The Morgan fingerprint density at radius 2 is 1.88 bits per heavy atom. The topological polar surface area (TPSA) is 74.2 Å². The summed E-state index contributed by atoms with van der Waals surface area (Å²) in [6, 6.07) is 7.95. The van der Waals surface area contributed by atoms with Crippen LogP contribution in [0.5, 0.6) is 0 Å². The number of thioether (sulfide) groups is 1. The monoisotopic (exact) mass is 454 g/mol. The highest BCUT2D eigenvalue weighted by atomic mass is 32.2. The largest absolute Gasteiger partial charge is 0.466 e. The smallest absolute Gasteiger partial charge is 0.338 e. The van der Waals surface area contributed by atoms with E-state index in [1.54, 1.807) is 0 Å². The van der Waals surface area contributed by atoms with Crippen LogP contribution in [0.3, 0.4) is 0 Å². The van der Waals surface area contributed by atoms with E-state index in [1.807, 2.05) is 48.4 Å². The maximum atomic E-state index is 12.9. The van der Waals surface area contributed by atoms with E-state index in [9.17, 15) is 9.59 Å². The van der Waals surface area contributed by atoms with Gasteiger partial charge in [-0.15, -0.1) is 0 Å². The van der Waals surface area contributed by atoms with Crippen LogP contribution in [-0.4, -0.2) is 60.1 Å². The maximum Gasteiger partial charge on any atom is 0.338 e. The zero-order valence-electron chi connectivity index (χ0n) is 19.1. The minimum absolute atomic E-state index is 0.00111. The lowest BCUT2D eigenvalue weighted by molar-refractivity contribution is -0.136. The second-order valence-corrected chi connectivity index (χ2v) is 9.45. The SMILES string of the molecule is COC(=O)C1=C(C)N=C2SC=C(CC(=O)NC3CCN(C)CC3)N2C1c1ccc(C)cc1. The van der Waals surface area contributed by atoms with Gasteiger partial charge in [0.05, 0.1) is 30.8 Å². The predicted octanol–water partition coefficient (Wildman–Crippen LogP) is 3.34. The number of amides is 1. The molecule has 0 bridgehead atoms. The Balaban J connectivity index is 1.59. The summed E-state index contributed by atoms with van der Waals surface area (Å²) >= 11 is 1.49. The van der Waals surface area contributed by atoms with E-state index in [2.05, 4.69) is 22.3 Å². The van der Waals surface area contributed by atoms with Crippen LogP contribution >= 0.6 is 11.8 Å². The van der Waals surface area contributed by atoms with Crippen molar-refractivity contribution in [1.82, 2.24) is 15.1 Å². The van der Waals surface area contributed by atoms with Crippen molar-refractivity contribution in [3.8, 4) is 0 Å². The zero-order chi connectivity index (χ0) is 22.8. The van der Waals surface area contributed by atoms with Crippen molar-refractivity contribution >= 4 is 28.8 Å². The molecule has 1 aromatic carbocycles. The number of benzene rings is 1. The number of aryl methyl sites for hydroxylation is 1. The number of nitrogens with one attached hydrogen (secondary N) is 1. The van der Waals surface area contributed by atoms with Gasteiger partial charge in [-0.1, -0.05) is 41.6 Å². The Morgan fingerprint density at radius 3 is 2.53 bits per heavy atom. The molecule has 1 saturated heterocycles. The summed E-state index contributed by atoms with van der Waals surface area (Å²) in [5.74, 6) is -0.399. The molecule has 1 aromatic rings. The molecule has 0 aromatic heterocycles. The van der Waals surface area contributed by atoms with Gasteiger partial charge in [0.25, 0.3) is 0 Å². The van der Waals surface area contributed by atoms with Gasteiger partial charge in [-0.05, 0) is 57.8 Å². The minimum atomic E-state index is -0.400. The number of nitrogens with zero attached hydrogens (tertiary/aromatic N) is 3. The average molecular weight is 455 g/mol. The molecule has 3 aliphatic rings. The van der Waals surface area contributed by atoms with Crippen LogP contribution in [0.1, 0.15) is 43.4 Å². The highest BCUT2D eigenvalue weighted by Crippen LogP contribution is 2.44. The van der Waals surface area contributed by atoms with Crippen molar-refractivity contribution in [3.63, 3.8) is 0 Å². The summed E-state index contributed by atoms with van der Waals surface area (Å²) in [7, 11) is 3.49. The molecule has 3 heterocycles. The first-order chi connectivity index (χ1) is 15.4. The van der Waals surface area contributed by atoms with E-state index < -0.39 is 5.97 Å². The number of hydrogen-bond acceptors (Lipinski definition) is 7. The lowest BCUT2D eigenvalue weighted by Gasteiger charge is -2.36. The number of aliphatic imine (C=N–C) groups is 1. The number of piperidine rings is 1. The molecular weight excluding hydrogens is 424 g/mol. The molecule has 1 unspecified atom stereocenters. The first kappa shape index (κ1) is 22.6. The molecule has 4 rings (SSSR count). The van der Waals surface area contributed by atoms with Crippen LogP contribution in [0.25, 0.3) is 0 Å². The fourth-order valence-corrected chi connectivity index (χ4v) is 5.37. The Kier molecular flexibility index (Phi) is 6.71. The van der Waals surface area contributed by atoms with Crippen molar-refractivity contribution < 1.29 is 14.3 Å². The van der Waals surface area contributed by atoms with E-state index in [1.165, 1.54) is 18.9 Å². The van der Waals surface area contributed by atoms with Crippen molar-refractivity contribution in [2.75, 3.05) is 27.2 Å². The average Bonchev–Trinajstić information content (AvgIpc) is 3.16. The van der Waals surface area contributed by atoms with Crippen LogP contribution in [0, 0.1) is 6.92 Å². The first-order valence-corrected chi connectivity index (χ1v) is 11.8. The number of hydrogen-bond donors (Lipinski definition) is 1. The van der Waals surface area contributed by atoms with Gasteiger partial charge in [-0.2, -0.15) is 0 Å². The number of methoxy groups -OCH3 is 1. The van der Waals surface area contributed by atoms with Crippen LogP contribution in [0.2, 0.25) is 0 Å². The molecule has 0 radical (unpaired) electrons. The summed E-state index contributed by atoms with van der Waals surface area (Å²) in [6.07, 6.45) is 2.17. The fourth-order valence-electron chi connectivity index (χ4n) is 4.40. The quantitative estimate of drug-likeness (QED) is 0.688. The van der Waals surface area contributed by atoms with Crippen LogP contribution in [0.15, 0.2) is 51.6 Å². The third-order valence-corrected chi connectivity index (χ3v) is 7.11. The first-order valence-electron chi connectivity index (χ1n) is 10.9. The number of fused-ring (bicyclic) bond motifs is 1. The highest BCUT2D eigenvalue weighted by molar-refractivity contribution is 8.16. The molecule has 170 valence electrons. The number of esters is 1. The van der Waals surface area contributed by atoms with Crippen LogP contribution in [-0.2, 0) is 14.3 Å². The summed E-state index contributed by atoms with van der Waals surface area (Å²) in [5.41, 5.74) is 4.10. The molecule has 0 spiro atoms. The van der Waals surface area contributed by atoms with Gasteiger partial charge in [0.1, 0.15) is 0 Å². The molecule has 8 heteroatoms. The van der Waals surface area contributed by atoms with Gasteiger partial charge in [0.2, 0.25) is 5.91 Å². The summed E-state index contributed by atoms with van der Waals surface area (Å²) in [4.78, 5) is 34.6. The number of ether oxygens (including phenoxy) is 1. The molecule has 1 fully saturated rings. The summed E-state index contributed by atoms with van der Waals surface area (Å²) < 4.78 is 5.11. The molecule has 0 aliphatic carbocycles. The summed E-state index contributed by atoms with van der Waals surface area (Å²) in [6.45, 7) is 5.86. The van der Waals surface area contributed by atoms with Crippen molar-refractivity contribution in [3.05, 3.63) is 57.8 Å². The van der Waals surface area contributed by atoms with E-state index in [4.69, 9.17) is 4.74 Å². The third kappa shape index (κ3) is 4.61. The minimum Gasteiger partial charge on any atom is -0.466 e. The van der Waals surface area contributed by atoms with E-state index in [0.29, 0.717) is 11.3 Å². The molecule has 0 saturated carbocycles. The van der Waals surface area contributed by atoms with Gasteiger partial charge in [0.15, 0.2) is 5.17 Å². The molecule has 32 heavy (non-hydrogen) atoms. The second-order valence-electron chi connectivity index (χ2n) is 8.62. The lowest BCUT2D eigenvalue weighted by Crippen LogP contribution is -2.44. The second kappa shape index (κ2) is 9.50. The van der Waals surface area contributed by atoms with Crippen molar-refractivity contribution in [2.24, 2.45) is 4.99 Å². The van der Waals surface area contributed by atoms with Crippen LogP contribution < -0.4 is 5.32 Å². The van der Waals surface area contributed by atoms with Gasteiger partial charge in [0, 0.05) is 11.7 Å².